The lowest BCUT2D eigenvalue weighted by Gasteiger charge is -2.51. The van der Waals surface area contributed by atoms with Crippen LogP contribution in [0.25, 0.3) is 31.3 Å². The van der Waals surface area contributed by atoms with E-state index in [0.717, 1.165) is 6.42 Å². The first kappa shape index (κ1) is 49.5. The van der Waals surface area contributed by atoms with Crippen LogP contribution in [0.4, 0.5) is 45.5 Å². The average Bonchev–Trinajstić information content (AvgIpc) is 4.15. The van der Waals surface area contributed by atoms with Crippen LogP contribution in [0.2, 0.25) is 0 Å². The predicted octanol–water partition coefficient (Wildman–Crippen LogP) is 18.8. The van der Waals surface area contributed by atoms with Crippen LogP contribution in [0.5, 0.6) is 0 Å². The molecule has 1 aliphatic carbocycles. The minimum Gasteiger partial charge on any atom is -0.334 e. The van der Waals surface area contributed by atoms with E-state index in [2.05, 4.69) is 257 Å². The second-order valence-corrected chi connectivity index (χ2v) is 29.5. The Balaban J connectivity index is 1.22. The fourth-order valence-electron chi connectivity index (χ4n) is 13.8. The summed E-state index contributed by atoms with van der Waals surface area (Å²) in [7, 11) is 0. The second-order valence-electron chi connectivity index (χ2n) is 27.4. The lowest BCUT2D eigenvalue weighted by Crippen LogP contribution is -2.59. The minimum atomic E-state index is -0.143. The summed E-state index contributed by atoms with van der Waals surface area (Å²) in [6, 6.07) is 57.7. The van der Waals surface area contributed by atoms with Gasteiger partial charge in [0.25, 0.3) is 6.71 Å². The van der Waals surface area contributed by atoms with E-state index in [1.165, 1.54) is 139 Å². The van der Waals surface area contributed by atoms with Gasteiger partial charge in [-0.3, -0.25) is 0 Å². The SMILES string of the molecule is CC(C)(C)c1ccc(N2c3cc(N4c5ccccc5C5(C)CCCCC45C)cc4c3B(c3sc5ccc(C(C)(C)C)cc5c32)c2sc3ccc(C(C)(C)C)cc3c2N4c2ccc(C(C)(C)C)cc2-c2ccccc2)cc1. The third kappa shape index (κ3) is 7.32. The molecule has 0 radical (unpaired) electrons. The first-order chi connectivity index (χ1) is 36.0. The fraction of sp³-hybridized carbons (Fsp3) is 0.343. The van der Waals surface area contributed by atoms with Crippen LogP contribution >= 0.6 is 22.7 Å². The molecule has 1 saturated carbocycles. The molecule has 1 fully saturated rings. The number of rotatable bonds is 4. The first-order valence-corrected chi connectivity index (χ1v) is 29.7. The summed E-state index contributed by atoms with van der Waals surface area (Å²) in [5.41, 5.74) is 20.7. The number of anilines is 8. The van der Waals surface area contributed by atoms with Crippen molar-refractivity contribution < 1.29 is 0 Å². The zero-order chi connectivity index (χ0) is 53.2. The standard InChI is InChI=1S/C70H74BN3S2/c1-65(2,3)44-26-31-48(32-27-44)72-56-41-49(74-55-25-19-18-24-53(55)69(13)36-20-21-37-70(69,74)14)42-57-60(56)71(63-61(72)51-39-46(67(7,8)9)29-34-58(51)75-63)64-62(52-40-47(68(10,11)12)30-35-59(52)76-64)73(57)54-33-28-45(66(4,5)6)38-50(54)43-22-16-15-17-23-43/h15-19,22-35,38-42H,20-21,36-37H2,1-14H3. The molecule has 9 aromatic rings. The third-order valence-electron chi connectivity index (χ3n) is 18.4. The van der Waals surface area contributed by atoms with Crippen molar-refractivity contribution in [3.05, 3.63) is 173 Å². The number of hydrogen-bond donors (Lipinski definition) is 0. The number of para-hydroxylation sites is 1. The second kappa shape index (κ2) is 16.7. The molecule has 6 heteroatoms. The van der Waals surface area contributed by atoms with Gasteiger partial charge in [-0.2, -0.15) is 0 Å². The van der Waals surface area contributed by atoms with E-state index < -0.39 is 0 Å². The fourth-order valence-corrected chi connectivity index (χ4v) is 16.4. The van der Waals surface area contributed by atoms with Gasteiger partial charge in [0, 0.05) is 69.1 Å². The van der Waals surface area contributed by atoms with Gasteiger partial charge < -0.3 is 14.7 Å². The molecular formula is C70H74BN3S2. The first-order valence-electron chi connectivity index (χ1n) is 28.1. The van der Waals surface area contributed by atoms with Gasteiger partial charge in [0.1, 0.15) is 0 Å². The van der Waals surface area contributed by atoms with Crippen molar-refractivity contribution in [2.24, 2.45) is 0 Å². The Morgan fingerprint density at radius 1 is 0.447 bits per heavy atom. The van der Waals surface area contributed by atoms with Crippen molar-refractivity contribution in [1.29, 1.82) is 0 Å². The molecule has 7 aromatic carbocycles. The van der Waals surface area contributed by atoms with E-state index in [1.54, 1.807) is 0 Å². The van der Waals surface area contributed by atoms with E-state index in [1.807, 2.05) is 22.7 Å². The lowest BCUT2D eigenvalue weighted by molar-refractivity contribution is 0.195. The van der Waals surface area contributed by atoms with Crippen LogP contribution in [-0.4, -0.2) is 12.3 Å². The lowest BCUT2D eigenvalue weighted by atomic mass is 9.39. The van der Waals surface area contributed by atoms with Crippen LogP contribution in [0.3, 0.4) is 0 Å². The summed E-state index contributed by atoms with van der Waals surface area (Å²) in [6.07, 6.45) is 4.78. The Labute approximate surface area is 461 Å². The Hall–Kier alpha value is -6.08. The van der Waals surface area contributed by atoms with Gasteiger partial charge in [-0.05, 0) is 147 Å². The number of hydrogen-bond acceptors (Lipinski definition) is 5. The van der Waals surface area contributed by atoms with E-state index in [9.17, 15) is 0 Å². The largest absolute Gasteiger partial charge is 0.334 e. The van der Waals surface area contributed by atoms with E-state index in [0.29, 0.717) is 0 Å². The van der Waals surface area contributed by atoms with Gasteiger partial charge >= 0.3 is 0 Å². The quantitative estimate of drug-likeness (QED) is 0.163. The monoisotopic (exact) mass is 1030 g/mol. The normalized spacial score (nSPS) is 19.2. The van der Waals surface area contributed by atoms with Crippen molar-refractivity contribution in [3.8, 4) is 11.1 Å². The molecule has 0 saturated heterocycles. The van der Waals surface area contributed by atoms with Crippen molar-refractivity contribution in [3.63, 3.8) is 0 Å². The van der Waals surface area contributed by atoms with E-state index in [4.69, 9.17) is 0 Å². The minimum absolute atomic E-state index is 0.00629. The Kier molecular flexibility index (Phi) is 10.9. The molecule has 0 spiro atoms. The number of benzene rings is 7. The summed E-state index contributed by atoms with van der Waals surface area (Å²) in [4.78, 5) is 8.30. The Bertz CT molecular complexity index is 3810. The van der Waals surface area contributed by atoms with Crippen molar-refractivity contribution in [2.45, 2.75) is 155 Å². The van der Waals surface area contributed by atoms with E-state index >= 15 is 0 Å². The number of nitrogens with zero attached hydrogens (tertiary/aromatic N) is 3. The van der Waals surface area contributed by atoms with Crippen LogP contribution in [0, 0.1) is 0 Å². The van der Waals surface area contributed by atoms with Crippen LogP contribution in [-0.2, 0) is 27.1 Å². The number of fused-ring (bicyclic) bond motifs is 11. The molecular weight excluding hydrogens is 958 g/mol. The summed E-state index contributed by atoms with van der Waals surface area (Å²) >= 11 is 4.03. The highest BCUT2D eigenvalue weighted by molar-refractivity contribution is 7.40. The van der Waals surface area contributed by atoms with E-state index in [-0.39, 0.29) is 39.3 Å². The van der Waals surface area contributed by atoms with Crippen molar-refractivity contribution in [2.75, 3.05) is 14.7 Å². The maximum atomic E-state index is 2.82. The van der Waals surface area contributed by atoms with Crippen LogP contribution in [0.15, 0.2) is 146 Å². The van der Waals surface area contributed by atoms with Gasteiger partial charge in [0.2, 0.25) is 0 Å². The molecule has 4 aliphatic rings. The maximum absolute atomic E-state index is 2.82. The molecule has 13 rings (SSSR count). The molecule has 0 N–H and O–H groups in total. The van der Waals surface area contributed by atoms with Crippen molar-refractivity contribution >= 4 is 110 Å². The Morgan fingerprint density at radius 3 is 1.54 bits per heavy atom. The summed E-state index contributed by atoms with van der Waals surface area (Å²) < 4.78 is 5.52. The molecule has 384 valence electrons. The molecule has 3 nitrogen and oxygen atoms in total. The summed E-state index contributed by atoms with van der Waals surface area (Å²) in [5.74, 6) is 0. The van der Waals surface area contributed by atoms with Gasteiger partial charge in [-0.15, -0.1) is 22.7 Å². The molecule has 2 atom stereocenters. The van der Waals surface area contributed by atoms with Crippen LogP contribution in [0.1, 0.15) is 150 Å². The highest BCUT2D eigenvalue weighted by Crippen LogP contribution is 2.62. The highest BCUT2D eigenvalue weighted by atomic mass is 32.1. The number of thiophene rings is 2. The van der Waals surface area contributed by atoms with Crippen LogP contribution < -0.4 is 29.7 Å². The molecule has 2 unspecified atom stereocenters. The van der Waals surface area contributed by atoms with Crippen molar-refractivity contribution in [1.82, 2.24) is 0 Å². The zero-order valence-electron chi connectivity index (χ0n) is 47.4. The molecule has 76 heavy (non-hydrogen) atoms. The smallest absolute Gasteiger partial charge is 0.277 e. The van der Waals surface area contributed by atoms with Gasteiger partial charge in [-0.25, -0.2) is 0 Å². The molecule has 0 bridgehead atoms. The maximum Gasteiger partial charge on any atom is 0.277 e. The summed E-state index contributed by atoms with van der Waals surface area (Å²) in [5, 5.41) is 2.67. The molecule has 0 amide bonds. The van der Waals surface area contributed by atoms with Gasteiger partial charge in [-0.1, -0.05) is 182 Å². The zero-order valence-corrected chi connectivity index (χ0v) is 49.1. The molecule has 3 aliphatic heterocycles. The molecule has 2 aromatic heterocycles. The topological polar surface area (TPSA) is 9.72 Å². The average molecular weight is 1030 g/mol. The van der Waals surface area contributed by atoms with Gasteiger partial charge in [0.15, 0.2) is 0 Å². The van der Waals surface area contributed by atoms with Gasteiger partial charge in [0.05, 0.1) is 22.6 Å². The predicted molar refractivity (Wildman–Crippen MR) is 334 cm³/mol. The summed E-state index contributed by atoms with van der Waals surface area (Å²) in [6.45, 7) is 33.4. The Morgan fingerprint density at radius 2 is 0.947 bits per heavy atom. The third-order valence-corrected chi connectivity index (χ3v) is 20.9. The highest BCUT2D eigenvalue weighted by Gasteiger charge is 2.58. The molecule has 5 heterocycles.